The molecule has 2 fully saturated rings. The van der Waals surface area contributed by atoms with Crippen LogP contribution in [-0.4, -0.2) is 56.2 Å². The first-order chi connectivity index (χ1) is 9.72. The van der Waals surface area contributed by atoms with E-state index in [9.17, 15) is 13.2 Å². The average Bonchev–Trinajstić information content (AvgIpc) is 2.79. The lowest BCUT2D eigenvalue weighted by atomic mass is 9.90. The van der Waals surface area contributed by atoms with Crippen LogP contribution in [0.5, 0.6) is 0 Å². The molecule has 0 aliphatic carbocycles. The van der Waals surface area contributed by atoms with Gasteiger partial charge in [-0.2, -0.15) is 4.31 Å². The lowest BCUT2D eigenvalue weighted by Gasteiger charge is -2.38. The number of rotatable bonds is 4. The summed E-state index contributed by atoms with van der Waals surface area (Å²) < 4.78 is 31.0. The molecule has 0 aromatic rings. The summed E-state index contributed by atoms with van der Waals surface area (Å²) in [6.45, 7) is 5.21. The summed E-state index contributed by atoms with van der Waals surface area (Å²) in [5.41, 5.74) is -0.353. The Kier molecular flexibility index (Phi) is 4.95. The highest BCUT2D eigenvalue weighted by Crippen LogP contribution is 2.37. The van der Waals surface area contributed by atoms with Gasteiger partial charge in [0, 0.05) is 25.6 Å². The maximum absolute atomic E-state index is 11.6. The molecule has 2 atom stereocenters. The molecule has 1 amide bonds. The number of carbonyl (C=O) groups excluding carboxylic acids is 1. The van der Waals surface area contributed by atoms with E-state index in [2.05, 4.69) is 5.32 Å². The third-order valence-electron chi connectivity index (χ3n) is 4.35. The lowest BCUT2D eigenvalue weighted by Crippen LogP contribution is -2.47. The Bertz CT molecular complexity index is 491. The van der Waals surface area contributed by atoms with E-state index in [-0.39, 0.29) is 23.5 Å². The molecule has 6 nitrogen and oxygen atoms in total. The normalized spacial score (nSPS) is 31.0. The Morgan fingerprint density at radius 1 is 1.43 bits per heavy atom. The van der Waals surface area contributed by atoms with Crippen molar-refractivity contribution in [1.29, 1.82) is 0 Å². The number of nitrogens with zero attached hydrogens (tertiary/aromatic N) is 1. The zero-order valence-electron chi connectivity index (χ0n) is 13.1. The molecule has 2 heterocycles. The van der Waals surface area contributed by atoms with Gasteiger partial charge in [0.25, 0.3) is 0 Å². The van der Waals surface area contributed by atoms with Crippen molar-refractivity contribution < 1.29 is 17.9 Å². The molecule has 0 aromatic heterocycles. The Morgan fingerprint density at radius 3 is 2.71 bits per heavy atom. The monoisotopic (exact) mass is 318 g/mol. The average molecular weight is 318 g/mol. The van der Waals surface area contributed by atoms with Crippen molar-refractivity contribution in [3.05, 3.63) is 0 Å². The van der Waals surface area contributed by atoms with Crippen molar-refractivity contribution in [2.45, 2.75) is 51.2 Å². The van der Waals surface area contributed by atoms with Crippen LogP contribution in [-0.2, 0) is 19.6 Å². The minimum absolute atomic E-state index is 0.0130. The first-order valence-corrected chi connectivity index (χ1v) is 9.47. The molecule has 1 N–H and O–H groups in total. The summed E-state index contributed by atoms with van der Waals surface area (Å²) >= 11 is 0. The van der Waals surface area contributed by atoms with Gasteiger partial charge in [-0.15, -0.1) is 0 Å². The van der Waals surface area contributed by atoms with Gasteiger partial charge in [-0.1, -0.05) is 13.8 Å². The number of hydrogen-bond donors (Lipinski definition) is 1. The number of carbonyl (C=O) groups is 1. The van der Waals surface area contributed by atoms with E-state index in [0.29, 0.717) is 19.6 Å². The number of nitrogens with one attached hydrogen (secondary N) is 1. The molecule has 21 heavy (non-hydrogen) atoms. The highest BCUT2D eigenvalue weighted by molar-refractivity contribution is 7.88. The fourth-order valence-electron chi connectivity index (χ4n) is 3.08. The second-order valence-corrected chi connectivity index (χ2v) is 8.54. The van der Waals surface area contributed by atoms with Gasteiger partial charge < -0.3 is 10.1 Å². The standard InChI is InChI=1S/C14H26N2O4S/c1-11(2)13(17)15-9-12-5-4-6-14(20-12)7-8-16(10-14)21(3,18)19/h11-12H,4-10H2,1-3H3,(H,15,17)/t12-,14-/m0/s1. The number of ether oxygens (including phenoxy) is 1. The van der Waals surface area contributed by atoms with Crippen molar-refractivity contribution in [2.24, 2.45) is 5.92 Å². The van der Waals surface area contributed by atoms with Gasteiger partial charge in [0.2, 0.25) is 15.9 Å². The first-order valence-electron chi connectivity index (χ1n) is 7.62. The van der Waals surface area contributed by atoms with Crippen molar-refractivity contribution in [1.82, 2.24) is 9.62 Å². The second-order valence-electron chi connectivity index (χ2n) is 6.56. The van der Waals surface area contributed by atoms with E-state index in [1.165, 1.54) is 10.6 Å². The van der Waals surface area contributed by atoms with Gasteiger partial charge in [-0.05, 0) is 25.7 Å². The van der Waals surface area contributed by atoms with E-state index in [1.54, 1.807) is 0 Å². The fourth-order valence-corrected chi connectivity index (χ4v) is 3.97. The third-order valence-corrected chi connectivity index (χ3v) is 5.60. The first kappa shape index (κ1) is 16.7. The summed E-state index contributed by atoms with van der Waals surface area (Å²) in [6.07, 6.45) is 4.80. The van der Waals surface area contributed by atoms with E-state index >= 15 is 0 Å². The molecular weight excluding hydrogens is 292 g/mol. The van der Waals surface area contributed by atoms with Crippen LogP contribution in [0.2, 0.25) is 0 Å². The zero-order valence-corrected chi connectivity index (χ0v) is 13.9. The minimum Gasteiger partial charge on any atom is -0.369 e. The molecule has 2 saturated heterocycles. The quantitative estimate of drug-likeness (QED) is 0.829. The van der Waals surface area contributed by atoms with E-state index < -0.39 is 10.0 Å². The van der Waals surface area contributed by atoms with Gasteiger partial charge in [0.15, 0.2) is 0 Å². The molecule has 7 heteroatoms. The summed E-state index contributed by atoms with van der Waals surface area (Å²) in [6, 6.07) is 0. The van der Waals surface area contributed by atoms with Crippen molar-refractivity contribution >= 4 is 15.9 Å². The summed E-state index contributed by atoms with van der Waals surface area (Å²) in [7, 11) is -3.15. The van der Waals surface area contributed by atoms with Crippen molar-refractivity contribution in [2.75, 3.05) is 25.9 Å². The van der Waals surface area contributed by atoms with Gasteiger partial charge >= 0.3 is 0 Å². The van der Waals surface area contributed by atoms with Gasteiger partial charge in [-0.25, -0.2) is 8.42 Å². The van der Waals surface area contributed by atoms with Gasteiger partial charge in [0.1, 0.15) is 0 Å². The van der Waals surface area contributed by atoms with E-state index in [0.717, 1.165) is 25.7 Å². The molecular formula is C14H26N2O4S. The molecule has 1 spiro atoms. The molecule has 2 aliphatic heterocycles. The van der Waals surface area contributed by atoms with Crippen LogP contribution in [0.3, 0.4) is 0 Å². The molecule has 0 unspecified atom stereocenters. The largest absolute Gasteiger partial charge is 0.369 e. The molecule has 2 rings (SSSR count). The lowest BCUT2D eigenvalue weighted by molar-refractivity contribution is -0.131. The molecule has 0 bridgehead atoms. The Labute approximate surface area is 127 Å². The predicted octanol–water partition coefficient (Wildman–Crippen LogP) is 0.732. The van der Waals surface area contributed by atoms with Crippen LogP contribution in [0.1, 0.15) is 39.5 Å². The Hall–Kier alpha value is -0.660. The van der Waals surface area contributed by atoms with Gasteiger partial charge in [0.05, 0.1) is 18.0 Å². The Balaban J connectivity index is 1.91. The maximum Gasteiger partial charge on any atom is 0.222 e. The molecule has 122 valence electrons. The minimum atomic E-state index is -3.15. The number of amides is 1. The van der Waals surface area contributed by atoms with Crippen LogP contribution in [0, 0.1) is 5.92 Å². The van der Waals surface area contributed by atoms with Crippen LogP contribution >= 0.6 is 0 Å². The topological polar surface area (TPSA) is 75.7 Å². The number of sulfonamides is 1. The second kappa shape index (κ2) is 6.22. The summed E-state index contributed by atoms with van der Waals surface area (Å²) in [5.74, 6) is -0.00262. The third kappa shape index (κ3) is 4.17. The summed E-state index contributed by atoms with van der Waals surface area (Å²) in [4.78, 5) is 11.6. The fraction of sp³-hybridized carbons (Fsp3) is 0.929. The number of hydrogen-bond acceptors (Lipinski definition) is 4. The van der Waals surface area contributed by atoms with Crippen LogP contribution < -0.4 is 5.32 Å². The zero-order chi connectivity index (χ0) is 15.7. The smallest absolute Gasteiger partial charge is 0.222 e. The predicted molar refractivity (Wildman–Crippen MR) is 80.3 cm³/mol. The molecule has 2 aliphatic rings. The van der Waals surface area contributed by atoms with Crippen LogP contribution in [0.4, 0.5) is 0 Å². The van der Waals surface area contributed by atoms with E-state index in [4.69, 9.17) is 4.74 Å². The van der Waals surface area contributed by atoms with E-state index in [1.807, 2.05) is 13.8 Å². The summed E-state index contributed by atoms with van der Waals surface area (Å²) in [5, 5.41) is 2.90. The van der Waals surface area contributed by atoms with Crippen LogP contribution in [0.25, 0.3) is 0 Å². The maximum atomic E-state index is 11.6. The SMILES string of the molecule is CC(C)C(=O)NC[C@@H]1CCC[C@@]2(CCN(S(C)(=O)=O)C2)O1. The van der Waals surface area contributed by atoms with Crippen molar-refractivity contribution in [3.8, 4) is 0 Å². The molecule has 0 saturated carbocycles. The molecule has 0 aromatic carbocycles. The highest BCUT2D eigenvalue weighted by Gasteiger charge is 2.45. The van der Waals surface area contributed by atoms with Gasteiger partial charge in [-0.3, -0.25) is 4.79 Å². The van der Waals surface area contributed by atoms with Crippen molar-refractivity contribution in [3.63, 3.8) is 0 Å². The Morgan fingerprint density at radius 2 is 2.14 bits per heavy atom. The molecule has 0 radical (unpaired) electrons. The highest BCUT2D eigenvalue weighted by atomic mass is 32.2. The van der Waals surface area contributed by atoms with Crippen LogP contribution in [0.15, 0.2) is 0 Å².